The molecule has 0 atom stereocenters. The minimum atomic E-state index is 0.229. The molecule has 1 aliphatic heterocycles. The van der Waals surface area contributed by atoms with Gasteiger partial charge >= 0.3 is 5.88 Å². The number of hydrogen-bond donors (Lipinski definition) is 2. The van der Waals surface area contributed by atoms with Gasteiger partial charge in [0.25, 0.3) is 0 Å². The third-order valence-electron chi connectivity index (χ3n) is 4.36. The summed E-state index contributed by atoms with van der Waals surface area (Å²) in [7, 11) is 0. The monoisotopic (exact) mass is 373 g/mol. The molecule has 4 rings (SSSR count). The maximum absolute atomic E-state index is 9.27. The van der Waals surface area contributed by atoms with Crippen LogP contribution < -0.4 is 15.3 Å². The van der Waals surface area contributed by atoms with E-state index in [2.05, 4.69) is 25.3 Å². The summed E-state index contributed by atoms with van der Waals surface area (Å²) >= 11 is 1.47. The summed E-state index contributed by atoms with van der Waals surface area (Å²) < 4.78 is 1.06. The zero-order valence-corrected chi connectivity index (χ0v) is 14.9. The molecule has 3 aromatic rings. The summed E-state index contributed by atoms with van der Waals surface area (Å²) in [4.78, 5) is 25.5. The molecule has 1 aromatic carbocycles. The van der Waals surface area contributed by atoms with Crippen molar-refractivity contribution < 1.29 is 15.0 Å². The maximum Gasteiger partial charge on any atom is 0.301 e. The Hall–Kier alpha value is -2.49. The van der Waals surface area contributed by atoms with E-state index in [1.165, 1.54) is 11.3 Å². The molecule has 8 nitrogen and oxygen atoms in total. The average molecular weight is 373 g/mol. The van der Waals surface area contributed by atoms with Crippen LogP contribution >= 0.6 is 11.3 Å². The normalized spacial score (nSPS) is 15.3. The Balaban J connectivity index is 1.39. The molecule has 26 heavy (non-hydrogen) atoms. The first-order valence-electron chi connectivity index (χ1n) is 8.45. The molecule has 2 N–H and O–H groups in total. The lowest BCUT2D eigenvalue weighted by atomic mass is 9.98. The Morgan fingerprint density at radius 1 is 1.19 bits per heavy atom. The van der Waals surface area contributed by atoms with Crippen LogP contribution in [0.25, 0.3) is 10.2 Å². The standard InChI is InChI=1S/C17H19N5O3S/c23-11-12-5-9-22(10-6-12)15-16(19-8-7-18-15)24-25-21-17-20-13-3-1-2-4-14(13)26-17/h1-4,7-8,12,23H,5-6,9-11H2,(H,20,21). The zero-order valence-electron chi connectivity index (χ0n) is 14.0. The predicted molar refractivity (Wildman–Crippen MR) is 99.0 cm³/mol. The largest absolute Gasteiger partial charge is 0.396 e. The van der Waals surface area contributed by atoms with Crippen LogP contribution in [0.3, 0.4) is 0 Å². The number of nitrogens with one attached hydrogen (secondary N) is 1. The first-order valence-corrected chi connectivity index (χ1v) is 9.27. The van der Waals surface area contributed by atoms with E-state index >= 15 is 0 Å². The number of hydrogen-bond acceptors (Lipinski definition) is 9. The molecule has 0 radical (unpaired) electrons. The number of nitrogens with zero attached hydrogens (tertiary/aromatic N) is 4. The van der Waals surface area contributed by atoms with E-state index < -0.39 is 0 Å². The first kappa shape index (κ1) is 17.0. The number of fused-ring (bicyclic) bond motifs is 1. The van der Waals surface area contributed by atoms with Crippen molar-refractivity contribution in [1.82, 2.24) is 15.0 Å². The van der Waals surface area contributed by atoms with Crippen molar-refractivity contribution in [2.45, 2.75) is 12.8 Å². The van der Waals surface area contributed by atoms with Crippen LogP contribution in [-0.4, -0.2) is 39.8 Å². The molecule has 0 aliphatic carbocycles. The molecular weight excluding hydrogens is 354 g/mol. The van der Waals surface area contributed by atoms with Gasteiger partial charge in [-0.2, -0.15) is 5.48 Å². The molecule has 0 unspecified atom stereocenters. The fourth-order valence-corrected chi connectivity index (χ4v) is 3.73. The molecule has 0 bridgehead atoms. The van der Waals surface area contributed by atoms with Gasteiger partial charge in [0, 0.05) is 32.1 Å². The van der Waals surface area contributed by atoms with Crippen molar-refractivity contribution in [2.24, 2.45) is 5.92 Å². The SMILES string of the molecule is OCC1CCN(c2nccnc2OONc2nc3ccccc3s2)CC1. The van der Waals surface area contributed by atoms with E-state index in [-0.39, 0.29) is 6.61 Å². The van der Waals surface area contributed by atoms with Crippen LogP contribution in [0.4, 0.5) is 10.9 Å². The van der Waals surface area contributed by atoms with E-state index in [9.17, 15) is 5.11 Å². The maximum atomic E-state index is 9.27. The lowest BCUT2D eigenvalue weighted by molar-refractivity contribution is -0.182. The highest BCUT2D eigenvalue weighted by atomic mass is 32.1. The molecular formula is C17H19N5O3S. The van der Waals surface area contributed by atoms with Gasteiger partial charge in [0.1, 0.15) is 0 Å². The number of thiazole rings is 1. The van der Waals surface area contributed by atoms with Gasteiger partial charge in [-0.1, -0.05) is 28.5 Å². The Morgan fingerprint density at radius 2 is 2.00 bits per heavy atom. The molecule has 2 aromatic heterocycles. The number of aliphatic hydroxyl groups excluding tert-OH is 1. The predicted octanol–water partition coefficient (Wildman–Crippen LogP) is 2.63. The van der Waals surface area contributed by atoms with Crippen LogP contribution in [0, 0.1) is 5.92 Å². The Morgan fingerprint density at radius 3 is 2.81 bits per heavy atom. The molecule has 0 amide bonds. The van der Waals surface area contributed by atoms with Crippen molar-refractivity contribution in [3.05, 3.63) is 36.7 Å². The fourth-order valence-electron chi connectivity index (χ4n) is 2.93. The average Bonchev–Trinajstić information content (AvgIpc) is 3.11. The Bertz CT molecular complexity index is 833. The van der Waals surface area contributed by atoms with Gasteiger partial charge in [-0.05, 0) is 30.9 Å². The second-order valence-electron chi connectivity index (χ2n) is 6.05. The second kappa shape index (κ2) is 7.81. The summed E-state index contributed by atoms with van der Waals surface area (Å²) in [6.45, 7) is 1.82. The van der Waals surface area contributed by atoms with E-state index in [4.69, 9.17) is 9.88 Å². The molecule has 1 saturated heterocycles. The van der Waals surface area contributed by atoms with Crippen LogP contribution in [0.15, 0.2) is 36.7 Å². The summed E-state index contributed by atoms with van der Waals surface area (Å²) in [5.41, 5.74) is 3.59. The smallest absolute Gasteiger partial charge is 0.301 e. The van der Waals surface area contributed by atoms with Crippen LogP contribution in [-0.2, 0) is 4.99 Å². The van der Waals surface area contributed by atoms with Gasteiger partial charge in [0.05, 0.1) is 10.2 Å². The highest BCUT2D eigenvalue weighted by molar-refractivity contribution is 7.22. The number of aromatic nitrogens is 3. The Kier molecular flexibility index (Phi) is 5.09. The van der Waals surface area contributed by atoms with Gasteiger partial charge in [-0.15, -0.1) is 0 Å². The molecule has 136 valence electrons. The van der Waals surface area contributed by atoms with Gasteiger partial charge in [-0.25, -0.2) is 15.0 Å². The van der Waals surface area contributed by atoms with Crippen LogP contribution in [0.1, 0.15) is 12.8 Å². The highest BCUT2D eigenvalue weighted by Gasteiger charge is 2.23. The molecule has 1 fully saturated rings. The van der Waals surface area contributed by atoms with Gasteiger partial charge < -0.3 is 10.0 Å². The fraction of sp³-hybridized carbons (Fsp3) is 0.353. The van der Waals surface area contributed by atoms with Gasteiger partial charge in [0.2, 0.25) is 5.13 Å². The van der Waals surface area contributed by atoms with Crippen molar-refractivity contribution >= 4 is 32.5 Å². The van der Waals surface area contributed by atoms with Crippen molar-refractivity contribution in [2.75, 3.05) is 30.1 Å². The van der Waals surface area contributed by atoms with Crippen molar-refractivity contribution in [3.8, 4) is 5.88 Å². The molecule has 0 spiro atoms. The summed E-state index contributed by atoms with van der Waals surface area (Å²) in [5, 5.41) is 9.87. The number of anilines is 2. The number of aliphatic hydroxyl groups is 1. The lowest BCUT2D eigenvalue weighted by Crippen LogP contribution is -2.35. The van der Waals surface area contributed by atoms with Gasteiger partial charge in [0.15, 0.2) is 5.82 Å². The van der Waals surface area contributed by atoms with Crippen LogP contribution in [0.2, 0.25) is 0 Å². The second-order valence-corrected chi connectivity index (χ2v) is 7.08. The minimum Gasteiger partial charge on any atom is -0.396 e. The van der Waals surface area contributed by atoms with Crippen molar-refractivity contribution in [3.63, 3.8) is 0 Å². The van der Waals surface area contributed by atoms with Crippen LogP contribution in [0.5, 0.6) is 5.88 Å². The quantitative estimate of drug-likeness (QED) is 0.503. The summed E-state index contributed by atoms with van der Waals surface area (Å²) in [6, 6.07) is 7.84. The van der Waals surface area contributed by atoms with Crippen molar-refractivity contribution in [1.29, 1.82) is 0 Å². The van der Waals surface area contributed by atoms with E-state index in [0.717, 1.165) is 36.1 Å². The lowest BCUT2D eigenvalue weighted by Gasteiger charge is -2.31. The number of rotatable bonds is 6. The van der Waals surface area contributed by atoms with E-state index in [1.54, 1.807) is 12.4 Å². The minimum absolute atomic E-state index is 0.229. The molecule has 0 saturated carbocycles. The molecule has 1 aliphatic rings. The summed E-state index contributed by atoms with van der Waals surface area (Å²) in [5.74, 6) is 1.28. The highest BCUT2D eigenvalue weighted by Crippen LogP contribution is 2.28. The van der Waals surface area contributed by atoms with E-state index in [0.29, 0.717) is 22.7 Å². The molecule has 9 heteroatoms. The van der Waals surface area contributed by atoms with E-state index in [1.807, 2.05) is 24.3 Å². The first-order chi connectivity index (χ1) is 12.8. The third kappa shape index (κ3) is 3.69. The summed E-state index contributed by atoms with van der Waals surface area (Å²) in [6.07, 6.45) is 5.01. The zero-order chi connectivity index (χ0) is 17.8. The van der Waals surface area contributed by atoms with Gasteiger partial charge in [-0.3, -0.25) is 4.89 Å². The Labute approximate surface area is 154 Å². The number of benzene rings is 1. The molecule has 3 heterocycles. The third-order valence-corrected chi connectivity index (χ3v) is 5.30. The number of para-hydroxylation sites is 1. The number of piperidine rings is 1. The topological polar surface area (TPSA) is 92.6 Å².